The number of nitrogens with one attached hydrogen (secondary N) is 1. The number of hydrogen-bond acceptors (Lipinski definition) is 3. The molecule has 0 radical (unpaired) electrons. The number of amides is 1. The third-order valence-electron chi connectivity index (χ3n) is 10.8. The van der Waals surface area contributed by atoms with Gasteiger partial charge in [0.25, 0.3) is 0 Å². The van der Waals surface area contributed by atoms with Gasteiger partial charge in [-0.15, -0.1) is 0 Å². The van der Waals surface area contributed by atoms with E-state index in [1.165, 1.54) is 173 Å². The topological polar surface area (TPSA) is 69.6 Å². The van der Waals surface area contributed by atoms with Gasteiger partial charge in [-0.2, -0.15) is 0 Å². The fourth-order valence-corrected chi connectivity index (χ4v) is 7.09. The maximum absolute atomic E-state index is 12.4. The van der Waals surface area contributed by atoms with E-state index in [9.17, 15) is 15.0 Å². The molecule has 0 aliphatic carbocycles. The molecule has 316 valence electrons. The predicted molar refractivity (Wildman–Crippen MR) is 239 cm³/mol. The number of hydrogen-bond donors (Lipinski definition) is 3. The molecule has 54 heavy (non-hydrogen) atoms. The highest BCUT2D eigenvalue weighted by Gasteiger charge is 2.17. The maximum atomic E-state index is 12.4. The molecule has 0 aliphatic heterocycles. The monoisotopic (exact) mass is 756 g/mol. The van der Waals surface area contributed by atoms with Crippen LogP contribution < -0.4 is 5.32 Å². The lowest BCUT2D eigenvalue weighted by molar-refractivity contribution is -0.123. The summed E-state index contributed by atoms with van der Waals surface area (Å²) in [7, 11) is 0. The van der Waals surface area contributed by atoms with Crippen LogP contribution in [0, 0.1) is 0 Å². The Labute approximate surface area is 337 Å². The van der Waals surface area contributed by atoms with Crippen LogP contribution in [0.3, 0.4) is 0 Å². The van der Waals surface area contributed by atoms with Crippen molar-refractivity contribution < 1.29 is 15.0 Å². The van der Waals surface area contributed by atoms with E-state index in [0.29, 0.717) is 6.42 Å². The zero-order valence-electron chi connectivity index (χ0n) is 36.2. The molecule has 0 rings (SSSR count). The number of carbonyl (C=O) groups is 1. The van der Waals surface area contributed by atoms with E-state index in [1.54, 1.807) is 6.08 Å². The van der Waals surface area contributed by atoms with E-state index in [-0.39, 0.29) is 12.5 Å². The molecule has 0 saturated carbocycles. The van der Waals surface area contributed by atoms with Crippen LogP contribution in [0.15, 0.2) is 48.6 Å². The van der Waals surface area contributed by atoms with Crippen LogP contribution in [0.1, 0.15) is 245 Å². The Kier molecular flexibility index (Phi) is 44.3. The fourth-order valence-electron chi connectivity index (χ4n) is 7.09. The molecule has 0 spiro atoms. The van der Waals surface area contributed by atoms with Crippen LogP contribution in [0.2, 0.25) is 0 Å². The Morgan fingerprint density at radius 3 is 1.24 bits per heavy atom. The fraction of sp³-hybridized carbons (Fsp3) is 0.820. The van der Waals surface area contributed by atoms with Crippen molar-refractivity contribution in [3.05, 3.63) is 48.6 Å². The molecule has 3 N–H and O–H groups in total. The molecular formula is C50H93NO3. The van der Waals surface area contributed by atoms with E-state index in [4.69, 9.17) is 0 Å². The second-order valence-electron chi connectivity index (χ2n) is 16.2. The molecule has 0 fully saturated rings. The molecule has 2 unspecified atom stereocenters. The van der Waals surface area contributed by atoms with Crippen molar-refractivity contribution in [3.8, 4) is 0 Å². The van der Waals surface area contributed by atoms with E-state index >= 15 is 0 Å². The number of unbranched alkanes of at least 4 members (excludes halogenated alkanes) is 30. The van der Waals surface area contributed by atoms with Crippen LogP contribution >= 0.6 is 0 Å². The number of rotatable bonds is 43. The minimum Gasteiger partial charge on any atom is -0.394 e. The van der Waals surface area contributed by atoms with Gasteiger partial charge in [0.15, 0.2) is 0 Å². The van der Waals surface area contributed by atoms with E-state index < -0.39 is 12.1 Å². The molecule has 0 aromatic rings. The van der Waals surface area contributed by atoms with Crippen LogP contribution in [0.25, 0.3) is 0 Å². The summed E-state index contributed by atoms with van der Waals surface area (Å²) in [4.78, 5) is 12.4. The molecule has 2 atom stereocenters. The van der Waals surface area contributed by atoms with Gasteiger partial charge in [0.05, 0.1) is 18.8 Å². The third kappa shape index (κ3) is 41.5. The first-order valence-electron chi connectivity index (χ1n) is 23.9. The summed E-state index contributed by atoms with van der Waals surface area (Å²) < 4.78 is 0. The highest BCUT2D eigenvalue weighted by molar-refractivity contribution is 5.76. The molecule has 4 heteroatoms. The SMILES string of the molecule is CCCC/C=C\C/C=C\CCCCCCCC(=O)NC(CO)C(O)/C=C/CC/C=C/CCCCCCCCCCCCCCCCCCCCCCCC. The first-order valence-corrected chi connectivity index (χ1v) is 23.9. The average Bonchev–Trinajstić information content (AvgIpc) is 3.18. The second kappa shape index (κ2) is 45.7. The Morgan fingerprint density at radius 1 is 0.444 bits per heavy atom. The summed E-state index contributed by atoms with van der Waals surface area (Å²) in [6, 6.07) is -0.647. The zero-order valence-corrected chi connectivity index (χ0v) is 36.2. The van der Waals surface area contributed by atoms with Crippen molar-refractivity contribution in [2.24, 2.45) is 0 Å². The van der Waals surface area contributed by atoms with Crippen LogP contribution in [0.4, 0.5) is 0 Å². The minimum absolute atomic E-state index is 0.0882. The molecule has 0 bridgehead atoms. The minimum atomic E-state index is -0.869. The smallest absolute Gasteiger partial charge is 0.220 e. The van der Waals surface area contributed by atoms with E-state index in [0.717, 1.165) is 51.4 Å². The summed E-state index contributed by atoms with van der Waals surface area (Å²) in [6.45, 7) is 4.26. The Balaban J connectivity index is 3.55. The quantitative estimate of drug-likeness (QED) is 0.0429. The summed E-state index contributed by atoms with van der Waals surface area (Å²) in [6.07, 6.45) is 62.5. The number of carbonyl (C=O) groups excluding carboxylic acids is 1. The van der Waals surface area contributed by atoms with Crippen LogP contribution in [0.5, 0.6) is 0 Å². The number of aliphatic hydroxyl groups is 2. The molecule has 0 heterocycles. The molecule has 0 aromatic heterocycles. The lowest BCUT2D eigenvalue weighted by Gasteiger charge is -2.19. The number of allylic oxidation sites excluding steroid dienone is 7. The molecule has 1 amide bonds. The maximum Gasteiger partial charge on any atom is 0.220 e. The van der Waals surface area contributed by atoms with Gasteiger partial charge in [0, 0.05) is 6.42 Å². The van der Waals surface area contributed by atoms with Crippen molar-refractivity contribution in [1.29, 1.82) is 0 Å². The van der Waals surface area contributed by atoms with Gasteiger partial charge in [0.2, 0.25) is 5.91 Å². The lowest BCUT2D eigenvalue weighted by Crippen LogP contribution is -2.45. The molecular weight excluding hydrogens is 663 g/mol. The predicted octanol–water partition coefficient (Wildman–Crippen LogP) is 15.1. The van der Waals surface area contributed by atoms with Gasteiger partial charge >= 0.3 is 0 Å². The van der Waals surface area contributed by atoms with E-state index in [1.807, 2.05) is 6.08 Å². The van der Waals surface area contributed by atoms with Crippen LogP contribution in [-0.4, -0.2) is 34.9 Å². The van der Waals surface area contributed by atoms with Crippen molar-refractivity contribution in [3.63, 3.8) is 0 Å². The van der Waals surface area contributed by atoms with Crippen LogP contribution in [-0.2, 0) is 4.79 Å². The third-order valence-corrected chi connectivity index (χ3v) is 10.8. The van der Waals surface area contributed by atoms with Crippen molar-refractivity contribution in [2.45, 2.75) is 257 Å². The first kappa shape index (κ1) is 52.3. The normalized spacial score (nSPS) is 13.3. The highest BCUT2D eigenvalue weighted by atomic mass is 16.3. The summed E-state index contributed by atoms with van der Waals surface area (Å²) in [5.41, 5.74) is 0. The standard InChI is InChI=1S/C50H93NO3/c1-3-5-7-9-11-13-15-17-19-20-21-22-23-24-25-26-27-28-29-30-31-32-33-35-37-39-41-43-45-49(53)48(47-52)51-50(54)46-44-42-40-38-36-34-18-16-14-12-10-8-6-4-2/h10,12,16,18,35,37,43,45,48-49,52-53H,3-9,11,13-15,17,19-34,36,38-42,44,46-47H2,1-2H3,(H,51,54)/b12-10-,18-16-,37-35+,45-43+. The van der Waals surface area contributed by atoms with Crippen molar-refractivity contribution in [1.82, 2.24) is 5.32 Å². The Bertz CT molecular complexity index is 862. The van der Waals surface area contributed by atoms with Gasteiger partial charge in [-0.25, -0.2) is 0 Å². The van der Waals surface area contributed by atoms with Gasteiger partial charge in [0.1, 0.15) is 0 Å². The largest absolute Gasteiger partial charge is 0.394 e. The zero-order chi connectivity index (χ0) is 39.3. The molecule has 0 saturated heterocycles. The average molecular weight is 756 g/mol. The van der Waals surface area contributed by atoms with Gasteiger partial charge < -0.3 is 15.5 Å². The lowest BCUT2D eigenvalue weighted by atomic mass is 10.0. The van der Waals surface area contributed by atoms with E-state index in [2.05, 4.69) is 55.6 Å². The Hall–Kier alpha value is -1.65. The summed E-state index contributed by atoms with van der Waals surface area (Å²) >= 11 is 0. The molecule has 0 aliphatic rings. The van der Waals surface area contributed by atoms with Gasteiger partial charge in [-0.1, -0.05) is 229 Å². The second-order valence-corrected chi connectivity index (χ2v) is 16.2. The molecule has 0 aromatic carbocycles. The first-order chi connectivity index (χ1) is 26.7. The number of aliphatic hydroxyl groups excluding tert-OH is 2. The summed E-state index contributed by atoms with van der Waals surface area (Å²) in [5, 5.41) is 23.0. The molecule has 4 nitrogen and oxygen atoms in total. The van der Waals surface area contributed by atoms with Crippen molar-refractivity contribution >= 4 is 5.91 Å². The summed E-state index contributed by atoms with van der Waals surface area (Å²) in [5.74, 6) is -0.0882. The Morgan fingerprint density at radius 2 is 0.796 bits per heavy atom. The van der Waals surface area contributed by atoms with Gasteiger partial charge in [-0.3, -0.25) is 4.79 Å². The highest BCUT2D eigenvalue weighted by Crippen LogP contribution is 2.16. The van der Waals surface area contributed by atoms with Gasteiger partial charge in [-0.05, 0) is 57.8 Å². The van der Waals surface area contributed by atoms with Crippen molar-refractivity contribution in [2.75, 3.05) is 6.61 Å².